The molecule has 47 heavy (non-hydrogen) atoms. The van der Waals surface area contributed by atoms with Crippen molar-refractivity contribution in [1.82, 2.24) is 19.6 Å². The molecule has 3 aromatic carbocycles. The van der Waals surface area contributed by atoms with Crippen LogP contribution in [0.5, 0.6) is 0 Å². The number of hydrogen-bond donors (Lipinski definition) is 1. The molecule has 6 rings (SSSR count). The molecule has 0 saturated heterocycles. The second kappa shape index (κ2) is 16.7. The number of aromatic nitrogens is 2. The van der Waals surface area contributed by atoms with Gasteiger partial charge in [-0.3, -0.25) is 14.8 Å². The number of carbonyl (C=O) groups excluding carboxylic acids is 1. The molecular weight excluding hydrogens is 651 g/mol. The number of nitrogens with zero attached hydrogens (tertiary/aromatic N) is 3. The smallest absolute Gasteiger partial charge is 0.253 e. The fourth-order valence-electron chi connectivity index (χ4n) is 5.72. The summed E-state index contributed by atoms with van der Waals surface area (Å²) in [5.74, 6) is -0.0825. The minimum atomic E-state index is -3.83. The first-order valence-corrected chi connectivity index (χ1v) is 16.8. The molecule has 1 saturated carbocycles. The number of hydrogen-bond acceptors (Lipinski definition) is 5. The van der Waals surface area contributed by atoms with Gasteiger partial charge in [0.15, 0.2) is 0 Å². The molecule has 0 aliphatic heterocycles. The molecule has 1 amide bonds. The number of halogens is 2. The van der Waals surface area contributed by atoms with Crippen LogP contribution in [0.3, 0.4) is 0 Å². The Kier molecular flexibility index (Phi) is 12.7. The Hall–Kier alpha value is -4.08. The van der Waals surface area contributed by atoms with Gasteiger partial charge in [-0.25, -0.2) is 8.42 Å². The molecular formula is C37H38Cl2N4O3S. The van der Waals surface area contributed by atoms with Crippen molar-refractivity contribution in [3.63, 3.8) is 0 Å². The van der Waals surface area contributed by atoms with Gasteiger partial charge in [-0.05, 0) is 65.4 Å². The van der Waals surface area contributed by atoms with Crippen LogP contribution in [0.4, 0.5) is 0 Å². The van der Waals surface area contributed by atoms with E-state index in [-0.39, 0.29) is 54.7 Å². The quantitative estimate of drug-likeness (QED) is 0.160. The zero-order valence-corrected chi connectivity index (χ0v) is 28.3. The van der Waals surface area contributed by atoms with Crippen LogP contribution >= 0.6 is 24.8 Å². The van der Waals surface area contributed by atoms with Crippen LogP contribution < -0.4 is 5.32 Å². The summed E-state index contributed by atoms with van der Waals surface area (Å²) < 4.78 is 29.4. The molecule has 0 bridgehead atoms. The van der Waals surface area contributed by atoms with E-state index in [9.17, 15) is 13.2 Å². The highest BCUT2D eigenvalue weighted by Crippen LogP contribution is 2.26. The van der Waals surface area contributed by atoms with Crippen LogP contribution in [-0.4, -0.2) is 34.6 Å². The Morgan fingerprint density at radius 3 is 2.00 bits per heavy atom. The van der Waals surface area contributed by atoms with Gasteiger partial charge in [0.25, 0.3) is 5.91 Å². The summed E-state index contributed by atoms with van der Waals surface area (Å²) in [5, 5.41) is 3.13. The van der Waals surface area contributed by atoms with E-state index in [1.165, 1.54) is 10.7 Å². The molecule has 7 nitrogen and oxygen atoms in total. The Balaban J connectivity index is 0.00000250. The van der Waals surface area contributed by atoms with Gasteiger partial charge in [0.2, 0.25) is 10.0 Å². The Morgan fingerprint density at radius 1 is 0.702 bits per heavy atom. The minimum absolute atomic E-state index is 0. The van der Waals surface area contributed by atoms with E-state index in [1.54, 1.807) is 36.8 Å². The minimum Gasteiger partial charge on any atom is -0.349 e. The molecule has 1 N–H and O–H groups in total. The number of benzene rings is 3. The van der Waals surface area contributed by atoms with Gasteiger partial charge >= 0.3 is 0 Å². The highest BCUT2D eigenvalue weighted by Gasteiger charge is 2.25. The van der Waals surface area contributed by atoms with Gasteiger partial charge in [0.05, 0.1) is 16.2 Å². The van der Waals surface area contributed by atoms with E-state index in [0.717, 1.165) is 59.2 Å². The molecule has 0 spiro atoms. The van der Waals surface area contributed by atoms with Crippen molar-refractivity contribution in [2.75, 3.05) is 0 Å². The van der Waals surface area contributed by atoms with Gasteiger partial charge < -0.3 is 5.32 Å². The van der Waals surface area contributed by atoms with Gasteiger partial charge in [-0.2, -0.15) is 4.31 Å². The average molecular weight is 690 g/mol. The van der Waals surface area contributed by atoms with Crippen LogP contribution in [-0.2, 0) is 23.1 Å². The first-order chi connectivity index (χ1) is 22.0. The van der Waals surface area contributed by atoms with Crippen molar-refractivity contribution < 1.29 is 13.2 Å². The molecule has 1 aliphatic carbocycles. The fraction of sp³-hybridized carbons (Fsp3) is 0.216. The van der Waals surface area contributed by atoms with Crippen LogP contribution in [0, 0.1) is 0 Å². The Morgan fingerprint density at radius 2 is 1.36 bits per heavy atom. The molecule has 0 atom stereocenters. The van der Waals surface area contributed by atoms with Crippen molar-refractivity contribution in [2.45, 2.75) is 56.1 Å². The van der Waals surface area contributed by atoms with Crippen LogP contribution in [0.25, 0.3) is 22.4 Å². The fourth-order valence-corrected chi connectivity index (χ4v) is 7.14. The second-order valence-corrected chi connectivity index (χ2v) is 13.4. The van der Waals surface area contributed by atoms with Crippen molar-refractivity contribution in [3.8, 4) is 22.4 Å². The maximum Gasteiger partial charge on any atom is 0.253 e. The average Bonchev–Trinajstić information content (AvgIpc) is 3.10. The van der Waals surface area contributed by atoms with Crippen LogP contribution in [0.1, 0.15) is 53.6 Å². The topological polar surface area (TPSA) is 92.3 Å². The second-order valence-electron chi connectivity index (χ2n) is 11.5. The number of nitrogens with one attached hydrogen (secondary N) is 1. The van der Waals surface area contributed by atoms with Gasteiger partial charge in [0, 0.05) is 43.3 Å². The number of sulfonamides is 1. The number of rotatable bonds is 10. The van der Waals surface area contributed by atoms with Crippen molar-refractivity contribution in [2.24, 2.45) is 0 Å². The maximum absolute atomic E-state index is 14.0. The van der Waals surface area contributed by atoms with Gasteiger partial charge in [-0.1, -0.05) is 92.1 Å². The standard InChI is InChI=1S/C37H36N4O3S.2ClH/c42-37(40-34-11-5-2-6-12-34)33-19-22-36(39-25-33)32-15-13-28(14-16-32)26-41(27-29-8-7-23-38-24-29)45(43,44)35-20-17-31(18-21-35)30-9-3-1-4-10-30;;/h1,3-4,7-10,13-25,34H,2,5-6,11-12,26-27H2,(H,40,42);2*1H. The molecule has 0 unspecified atom stereocenters. The third kappa shape index (κ3) is 9.05. The summed E-state index contributed by atoms with van der Waals surface area (Å²) in [6.07, 6.45) is 10.6. The van der Waals surface area contributed by atoms with E-state index >= 15 is 0 Å². The molecule has 0 radical (unpaired) electrons. The summed E-state index contributed by atoms with van der Waals surface area (Å²) in [5.41, 5.74) is 5.81. The summed E-state index contributed by atoms with van der Waals surface area (Å²) in [6.45, 7) is 0.371. The maximum atomic E-state index is 14.0. The first kappa shape index (κ1) is 35.8. The normalized spacial score (nSPS) is 13.3. The van der Waals surface area contributed by atoms with Crippen molar-refractivity contribution in [1.29, 1.82) is 0 Å². The first-order valence-electron chi connectivity index (χ1n) is 15.4. The lowest BCUT2D eigenvalue weighted by Gasteiger charge is -2.23. The largest absolute Gasteiger partial charge is 0.349 e. The van der Waals surface area contributed by atoms with Gasteiger partial charge in [0.1, 0.15) is 0 Å². The molecule has 244 valence electrons. The van der Waals surface area contributed by atoms with E-state index in [4.69, 9.17) is 0 Å². The Bertz CT molecular complexity index is 1820. The zero-order valence-electron chi connectivity index (χ0n) is 25.9. The summed E-state index contributed by atoms with van der Waals surface area (Å²) in [4.78, 5) is 21.7. The van der Waals surface area contributed by atoms with Gasteiger partial charge in [-0.15, -0.1) is 24.8 Å². The lowest BCUT2D eigenvalue weighted by molar-refractivity contribution is 0.0927. The predicted molar refractivity (Wildman–Crippen MR) is 191 cm³/mol. The zero-order chi connectivity index (χ0) is 31.1. The molecule has 5 aromatic rings. The highest BCUT2D eigenvalue weighted by atomic mass is 35.5. The molecule has 2 heterocycles. The number of amides is 1. The number of carbonyl (C=O) groups is 1. The summed E-state index contributed by atoms with van der Waals surface area (Å²) >= 11 is 0. The highest BCUT2D eigenvalue weighted by molar-refractivity contribution is 7.89. The molecule has 1 fully saturated rings. The molecule has 10 heteroatoms. The van der Waals surface area contributed by atoms with Crippen molar-refractivity contribution in [3.05, 3.63) is 138 Å². The van der Waals surface area contributed by atoms with Crippen molar-refractivity contribution >= 4 is 40.7 Å². The molecule has 2 aromatic heterocycles. The molecule has 1 aliphatic rings. The van der Waals surface area contributed by atoms with Crippen LogP contribution in [0.2, 0.25) is 0 Å². The van der Waals surface area contributed by atoms with E-state index in [0.29, 0.717) is 5.56 Å². The predicted octanol–water partition coefficient (Wildman–Crippen LogP) is 8.11. The van der Waals surface area contributed by atoms with E-state index in [1.807, 2.05) is 84.9 Å². The lowest BCUT2D eigenvalue weighted by Crippen LogP contribution is -2.36. The number of pyridine rings is 2. The SMILES string of the molecule is Cl.Cl.O=C(NC1CCCCC1)c1ccc(-c2ccc(CN(Cc3cccnc3)S(=O)(=O)c3ccc(-c4ccccc4)cc3)cc2)nc1. The van der Waals surface area contributed by atoms with Crippen LogP contribution in [0.15, 0.2) is 127 Å². The summed E-state index contributed by atoms with van der Waals surface area (Å²) in [7, 11) is -3.83. The van der Waals surface area contributed by atoms with E-state index < -0.39 is 10.0 Å². The summed E-state index contributed by atoms with van der Waals surface area (Å²) in [6, 6.07) is 32.2. The third-order valence-corrected chi connectivity index (χ3v) is 10.1. The van der Waals surface area contributed by atoms with E-state index in [2.05, 4.69) is 15.3 Å². The Labute approximate surface area is 289 Å². The monoisotopic (exact) mass is 688 g/mol. The lowest BCUT2D eigenvalue weighted by atomic mass is 9.95. The third-order valence-electron chi connectivity index (χ3n) is 8.26.